The van der Waals surface area contributed by atoms with Crippen molar-refractivity contribution in [3.63, 3.8) is 0 Å². The van der Waals surface area contributed by atoms with Crippen molar-refractivity contribution in [1.29, 1.82) is 0 Å². The van der Waals surface area contributed by atoms with Gasteiger partial charge in [-0.1, -0.05) is 30.8 Å². The Kier molecular flexibility index (Phi) is 5.27. The standard InChI is InChI=1S/C19H21N3O3S/c1-4-16-11(2)20-19-22(18(16)25)9-14(10-26-19)17(24)21-15-7-5-6-13(8-15)12(3)23/h5-8,14H,4,9-10H2,1-3H3,(H,21,24). The molecular formula is C19H21N3O3S. The molecule has 1 aliphatic heterocycles. The summed E-state index contributed by atoms with van der Waals surface area (Å²) in [4.78, 5) is 41.3. The Morgan fingerprint density at radius 2 is 2.15 bits per heavy atom. The van der Waals surface area contributed by atoms with Crippen LogP contribution in [0.1, 0.15) is 35.5 Å². The van der Waals surface area contributed by atoms with Crippen LogP contribution in [0.5, 0.6) is 0 Å². The van der Waals surface area contributed by atoms with Crippen molar-refractivity contribution in [1.82, 2.24) is 9.55 Å². The van der Waals surface area contributed by atoms with Gasteiger partial charge in [0, 0.05) is 34.8 Å². The molecule has 0 saturated heterocycles. The van der Waals surface area contributed by atoms with Crippen molar-refractivity contribution < 1.29 is 9.59 Å². The van der Waals surface area contributed by atoms with E-state index in [1.807, 2.05) is 13.8 Å². The number of carbonyl (C=O) groups is 2. The highest BCUT2D eigenvalue weighted by molar-refractivity contribution is 7.99. The van der Waals surface area contributed by atoms with Gasteiger partial charge in [0.15, 0.2) is 10.9 Å². The molecule has 0 saturated carbocycles. The first kappa shape index (κ1) is 18.4. The summed E-state index contributed by atoms with van der Waals surface area (Å²) in [6.07, 6.45) is 0.622. The maximum Gasteiger partial charge on any atom is 0.257 e. The highest BCUT2D eigenvalue weighted by Crippen LogP contribution is 2.27. The second-order valence-electron chi connectivity index (χ2n) is 6.36. The SMILES string of the molecule is CCc1c(C)nc2n(c1=O)CC(C(=O)Nc1cccc(C(C)=O)c1)CS2. The number of fused-ring (bicyclic) bond motifs is 1. The zero-order chi connectivity index (χ0) is 18.8. The van der Waals surface area contributed by atoms with Crippen LogP contribution in [0.4, 0.5) is 5.69 Å². The zero-order valence-electron chi connectivity index (χ0n) is 15.0. The van der Waals surface area contributed by atoms with Gasteiger partial charge in [-0.3, -0.25) is 19.0 Å². The third-order valence-electron chi connectivity index (χ3n) is 4.51. The van der Waals surface area contributed by atoms with Crippen molar-refractivity contribution in [3.8, 4) is 0 Å². The Labute approximate surface area is 156 Å². The number of hydrogen-bond acceptors (Lipinski definition) is 5. The summed E-state index contributed by atoms with van der Waals surface area (Å²) < 4.78 is 1.61. The molecule has 1 aromatic heterocycles. The van der Waals surface area contributed by atoms with E-state index in [2.05, 4.69) is 10.3 Å². The van der Waals surface area contributed by atoms with Gasteiger partial charge in [-0.05, 0) is 32.4 Å². The van der Waals surface area contributed by atoms with Crippen LogP contribution < -0.4 is 10.9 Å². The predicted molar refractivity (Wildman–Crippen MR) is 102 cm³/mol. The van der Waals surface area contributed by atoms with Crippen LogP contribution in [0, 0.1) is 12.8 Å². The van der Waals surface area contributed by atoms with Gasteiger partial charge in [-0.15, -0.1) is 0 Å². The lowest BCUT2D eigenvalue weighted by Crippen LogP contribution is -2.38. The number of benzene rings is 1. The molecule has 26 heavy (non-hydrogen) atoms. The number of hydrogen-bond donors (Lipinski definition) is 1. The molecule has 1 atom stereocenters. The van der Waals surface area contributed by atoms with Crippen LogP contribution in [0.15, 0.2) is 34.2 Å². The monoisotopic (exact) mass is 371 g/mol. The summed E-state index contributed by atoms with van der Waals surface area (Å²) in [5.74, 6) is 0.0216. The quantitative estimate of drug-likeness (QED) is 0.660. The number of nitrogens with zero attached hydrogens (tertiary/aromatic N) is 2. The van der Waals surface area contributed by atoms with Crippen molar-refractivity contribution >= 4 is 29.1 Å². The van der Waals surface area contributed by atoms with Gasteiger partial charge in [-0.25, -0.2) is 4.98 Å². The van der Waals surface area contributed by atoms with Crippen LogP contribution in [0.3, 0.4) is 0 Å². The fourth-order valence-electron chi connectivity index (χ4n) is 3.02. The molecule has 1 amide bonds. The molecule has 3 rings (SSSR count). The molecule has 136 valence electrons. The van der Waals surface area contributed by atoms with Gasteiger partial charge in [0.05, 0.1) is 5.92 Å². The highest BCUT2D eigenvalue weighted by atomic mass is 32.2. The van der Waals surface area contributed by atoms with Crippen LogP contribution in [0.2, 0.25) is 0 Å². The average Bonchev–Trinajstić information content (AvgIpc) is 2.62. The minimum absolute atomic E-state index is 0.0525. The molecule has 1 unspecified atom stereocenters. The molecule has 2 heterocycles. The largest absolute Gasteiger partial charge is 0.326 e. The third-order valence-corrected chi connectivity index (χ3v) is 5.65. The van der Waals surface area contributed by atoms with Crippen molar-refractivity contribution in [2.75, 3.05) is 11.1 Å². The van der Waals surface area contributed by atoms with E-state index in [1.54, 1.807) is 28.8 Å². The van der Waals surface area contributed by atoms with Crippen molar-refractivity contribution in [2.24, 2.45) is 5.92 Å². The lowest BCUT2D eigenvalue weighted by atomic mass is 10.1. The van der Waals surface area contributed by atoms with Crippen LogP contribution >= 0.6 is 11.8 Å². The minimum Gasteiger partial charge on any atom is -0.326 e. The molecule has 2 aromatic rings. The first-order valence-corrected chi connectivity index (χ1v) is 9.54. The maximum atomic E-state index is 12.7. The van der Waals surface area contributed by atoms with E-state index in [4.69, 9.17) is 0 Å². The normalized spacial score (nSPS) is 16.0. The molecule has 6 nitrogen and oxygen atoms in total. The number of rotatable bonds is 4. The van der Waals surface area contributed by atoms with Gasteiger partial charge >= 0.3 is 0 Å². The lowest BCUT2D eigenvalue weighted by molar-refractivity contribution is -0.119. The molecule has 0 spiro atoms. The van der Waals surface area contributed by atoms with E-state index in [-0.39, 0.29) is 23.2 Å². The smallest absolute Gasteiger partial charge is 0.257 e. The summed E-state index contributed by atoms with van der Waals surface area (Å²) >= 11 is 1.43. The highest BCUT2D eigenvalue weighted by Gasteiger charge is 2.28. The topological polar surface area (TPSA) is 81.1 Å². The molecule has 0 radical (unpaired) electrons. The predicted octanol–water partition coefficient (Wildman–Crippen LogP) is 2.68. The number of anilines is 1. The summed E-state index contributed by atoms with van der Waals surface area (Å²) in [6.45, 7) is 5.59. The number of aromatic nitrogens is 2. The second-order valence-corrected chi connectivity index (χ2v) is 7.35. The minimum atomic E-state index is -0.333. The molecule has 0 fully saturated rings. The number of nitrogens with one attached hydrogen (secondary N) is 1. The lowest BCUT2D eigenvalue weighted by Gasteiger charge is -2.25. The Morgan fingerprint density at radius 3 is 2.85 bits per heavy atom. The first-order chi connectivity index (χ1) is 12.4. The second kappa shape index (κ2) is 7.45. The first-order valence-electron chi connectivity index (χ1n) is 8.55. The van der Waals surface area contributed by atoms with Gasteiger partial charge in [0.2, 0.25) is 5.91 Å². The zero-order valence-corrected chi connectivity index (χ0v) is 15.9. The number of carbonyl (C=O) groups excluding carboxylic acids is 2. The Bertz CT molecular complexity index is 936. The van der Waals surface area contributed by atoms with E-state index >= 15 is 0 Å². The summed E-state index contributed by atoms with van der Waals surface area (Å²) in [6, 6.07) is 6.86. The fraction of sp³-hybridized carbons (Fsp3) is 0.368. The average molecular weight is 371 g/mol. The number of ketones is 1. The molecule has 0 bridgehead atoms. The fourth-order valence-corrected chi connectivity index (χ4v) is 4.14. The molecule has 7 heteroatoms. The maximum absolute atomic E-state index is 12.7. The molecule has 1 aliphatic rings. The number of thioether (sulfide) groups is 1. The van der Waals surface area contributed by atoms with Gasteiger partial charge in [0.1, 0.15) is 0 Å². The Hall–Kier alpha value is -2.41. The molecular weight excluding hydrogens is 350 g/mol. The molecule has 1 aromatic carbocycles. The third kappa shape index (κ3) is 3.58. The van der Waals surface area contributed by atoms with E-state index in [1.165, 1.54) is 18.7 Å². The van der Waals surface area contributed by atoms with Gasteiger partial charge in [-0.2, -0.15) is 0 Å². The summed E-state index contributed by atoms with van der Waals surface area (Å²) in [7, 11) is 0. The van der Waals surface area contributed by atoms with Crippen LogP contribution in [-0.2, 0) is 17.8 Å². The number of amides is 1. The number of Topliss-reactive ketones (excluding diaryl/α,β-unsaturated/α-hetero) is 1. The van der Waals surface area contributed by atoms with E-state index in [9.17, 15) is 14.4 Å². The number of aryl methyl sites for hydroxylation is 1. The molecule has 0 aliphatic carbocycles. The van der Waals surface area contributed by atoms with Crippen molar-refractivity contribution in [3.05, 3.63) is 51.4 Å². The van der Waals surface area contributed by atoms with E-state index in [0.29, 0.717) is 40.7 Å². The Balaban J connectivity index is 1.80. The van der Waals surface area contributed by atoms with Crippen LogP contribution in [-0.4, -0.2) is 27.0 Å². The Morgan fingerprint density at radius 1 is 1.38 bits per heavy atom. The van der Waals surface area contributed by atoms with Gasteiger partial charge in [0.25, 0.3) is 5.56 Å². The van der Waals surface area contributed by atoms with Crippen LogP contribution in [0.25, 0.3) is 0 Å². The molecule has 1 N–H and O–H groups in total. The van der Waals surface area contributed by atoms with Gasteiger partial charge < -0.3 is 5.32 Å². The summed E-state index contributed by atoms with van der Waals surface area (Å²) in [5, 5.41) is 3.53. The van der Waals surface area contributed by atoms with E-state index in [0.717, 1.165) is 5.69 Å². The van der Waals surface area contributed by atoms with E-state index < -0.39 is 0 Å². The van der Waals surface area contributed by atoms with Crippen molar-refractivity contribution in [2.45, 2.75) is 38.9 Å². The summed E-state index contributed by atoms with van der Waals surface area (Å²) in [5.41, 5.74) is 2.54.